The molecule has 1 atom stereocenters. The van der Waals surface area contributed by atoms with E-state index < -0.39 is 0 Å². The van der Waals surface area contributed by atoms with E-state index in [1.807, 2.05) is 45.0 Å². The van der Waals surface area contributed by atoms with Crippen molar-refractivity contribution in [1.82, 2.24) is 14.5 Å². The van der Waals surface area contributed by atoms with Crippen molar-refractivity contribution in [3.8, 4) is 0 Å². The zero-order valence-corrected chi connectivity index (χ0v) is 16.6. The van der Waals surface area contributed by atoms with Gasteiger partial charge in [0.2, 0.25) is 0 Å². The van der Waals surface area contributed by atoms with Crippen molar-refractivity contribution in [2.24, 2.45) is 0 Å². The van der Waals surface area contributed by atoms with Gasteiger partial charge in [-0.2, -0.15) is 0 Å². The SMILES string of the molecule is CCn1c(C(C)N(C)C(=O)c2ccccc2C)nc2ccc(Cl)cc2c1=O. The van der Waals surface area contributed by atoms with E-state index in [4.69, 9.17) is 11.6 Å². The Morgan fingerprint density at radius 2 is 1.96 bits per heavy atom. The predicted molar refractivity (Wildman–Crippen MR) is 108 cm³/mol. The molecular formula is C21H22ClN3O2. The Morgan fingerprint density at radius 3 is 2.63 bits per heavy atom. The van der Waals surface area contributed by atoms with Crippen molar-refractivity contribution in [3.63, 3.8) is 0 Å². The summed E-state index contributed by atoms with van der Waals surface area (Å²) in [5.74, 6) is 0.454. The smallest absolute Gasteiger partial charge is 0.261 e. The lowest BCUT2D eigenvalue weighted by atomic mass is 10.1. The minimum Gasteiger partial charge on any atom is -0.332 e. The van der Waals surface area contributed by atoms with Gasteiger partial charge in [-0.1, -0.05) is 29.8 Å². The van der Waals surface area contributed by atoms with Crippen LogP contribution in [-0.2, 0) is 6.54 Å². The van der Waals surface area contributed by atoms with E-state index >= 15 is 0 Å². The molecule has 0 saturated heterocycles. The van der Waals surface area contributed by atoms with Gasteiger partial charge in [0, 0.05) is 24.2 Å². The normalized spacial score (nSPS) is 12.2. The highest BCUT2D eigenvalue weighted by Crippen LogP contribution is 2.23. The first kappa shape index (κ1) is 19.1. The summed E-state index contributed by atoms with van der Waals surface area (Å²) in [6, 6.07) is 12.2. The molecule has 0 N–H and O–H groups in total. The summed E-state index contributed by atoms with van der Waals surface area (Å²) in [7, 11) is 1.73. The van der Waals surface area contributed by atoms with E-state index in [9.17, 15) is 9.59 Å². The molecule has 0 aliphatic rings. The number of amides is 1. The van der Waals surface area contributed by atoms with Gasteiger partial charge < -0.3 is 4.90 Å². The second-order valence-corrected chi connectivity index (χ2v) is 7.02. The summed E-state index contributed by atoms with van der Waals surface area (Å²) in [5.41, 5.74) is 1.98. The fraction of sp³-hybridized carbons (Fsp3) is 0.286. The molecule has 0 fully saturated rings. The Balaban J connectivity index is 2.08. The third-order valence-corrected chi connectivity index (χ3v) is 5.15. The Morgan fingerprint density at radius 1 is 1.26 bits per heavy atom. The van der Waals surface area contributed by atoms with Crippen LogP contribution in [0.4, 0.5) is 0 Å². The molecule has 140 valence electrons. The number of aromatic nitrogens is 2. The Bertz CT molecular complexity index is 1070. The van der Waals surface area contributed by atoms with E-state index in [0.717, 1.165) is 5.56 Å². The van der Waals surface area contributed by atoms with Crippen LogP contribution in [0.15, 0.2) is 47.3 Å². The summed E-state index contributed by atoms with van der Waals surface area (Å²) in [5, 5.41) is 0.977. The van der Waals surface area contributed by atoms with Gasteiger partial charge in [-0.05, 0) is 50.6 Å². The molecule has 3 rings (SSSR count). The second-order valence-electron chi connectivity index (χ2n) is 6.59. The van der Waals surface area contributed by atoms with Crippen molar-refractivity contribution in [3.05, 3.63) is 74.8 Å². The molecule has 3 aromatic rings. The third kappa shape index (κ3) is 3.47. The molecule has 2 aromatic carbocycles. The number of benzene rings is 2. The van der Waals surface area contributed by atoms with Gasteiger partial charge in [0.1, 0.15) is 5.82 Å². The van der Waals surface area contributed by atoms with E-state index in [1.54, 1.807) is 34.7 Å². The predicted octanol–water partition coefficient (Wildman–Crippen LogP) is 4.21. The second kappa shape index (κ2) is 7.53. The molecule has 0 aliphatic heterocycles. The summed E-state index contributed by atoms with van der Waals surface area (Å²) < 4.78 is 1.60. The van der Waals surface area contributed by atoms with Gasteiger partial charge in [0.05, 0.1) is 16.9 Å². The number of fused-ring (bicyclic) bond motifs is 1. The molecule has 1 unspecified atom stereocenters. The highest BCUT2D eigenvalue weighted by atomic mass is 35.5. The first-order chi connectivity index (χ1) is 12.8. The zero-order chi connectivity index (χ0) is 19.7. The van der Waals surface area contributed by atoms with Gasteiger partial charge in [-0.25, -0.2) is 4.98 Å². The lowest BCUT2D eigenvalue weighted by Crippen LogP contribution is -2.35. The van der Waals surface area contributed by atoms with Crippen LogP contribution in [0, 0.1) is 6.92 Å². The van der Waals surface area contributed by atoms with Crippen molar-refractivity contribution in [2.45, 2.75) is 33.4 Å². The first-order valence-electron chi connectivity index (χ1n) is 8.88. The van der Waals surface area contributed by atoms with Crippen LogP contribution >= 0.6 is 11.6 Å². The van der Waals surface area contributed by atoms with Crippen molar-refractivity contribution >= 4 is 28.4 Å². The molecule has 0 radical (unpaired) electrons. The monoisotopic (exact) mass is 383 g/mol. The number of carbonyl (C=O) groups is 1. The molecule has 0 spiro atoms. The van der Waals surface area contributed by atoms with Crippen molar-refractivity contribution < 1.29 is 4.79 Å². The fourth-order valence-electron chi connectivity index (χ4n) is 3.19. The van der Waals surface area contributed by atoms with Crippen LogP contribution in [0.5, 0.6) is 0 Å². The molecular weight excluding hydrogens is 362 g/mol. The lowest BCUT2D eigenvalue weighted by molar-refractivity contribution is 0.0732. The van der Waals surface area contributed by atoms with Crippen LogP contribution in [0.3, 0.4) is 0 Å². The maximum atomic E-state index is 13.0. The number of rotatable bonds is 4. The first-order valence-corrected chi connectivity index (χ1v) is 9.25. The fourth-order valence-corrected chi connectivity index (χ4v) is 3.36. The topological polar surface area (TPSA) is 55.2 Å². The maximum Gasteiger partial charge on any atom is 0.261 e. The number of carbonyl (C=O) groups excluding carboxylic acids is 1. The van der Waals surface area contributed by atoms with Gasteiger partial charge in [0.25, 0.3) is 11.5 Å². The number of hydrogen-bond donors (Lipinski definition) is 0. The quantitative estimate of drug-likeness (QED) is 0.678. The average molecular weight is 384 g/mol. The summed E-state index contributed by atoms with van der Waals surface area (Å²) in [6.45, 7) is 6.14. The van der Waals surface area contributed by atoms with Crippen LogP contribution < -0.4 is 5.56 Å². The summed E-state index contributed by atoms with van der Waals surface area (Å²) >= 11 is 6.03. The molecule has 0 saturated carbocycles. The molecule has 0 aliphatic carbocycles. The standard InChI is InChI=1S/C21H22ClN3O2/c1-5-25-19(23-18-11-10-15(22)12-17(18)21(25)27)14(3)24(4)20(26)16-9-7-6-8-13(16)2/h6-12,14H,5H2,1-4H3. The van der Waals surface area contributed by atoms with Crippen LogP contribution in [0.25, 0.3) is 10.9 Å². The Kier molecular flexibility index (Phi) is 5.33. The minimum atomic E-state index is -0.371. The highest BCUT2D eigenvalue weighted by molar-refractivity contribution is 6.31. The maximum absolute atomic E-state index is 13.0. The third-order valence-electron chi connectivity index (χ3n) is 4.91. The number of hydrogen-bond acceptors (Lipinski definition) is 3. The van der Waals surface area contributed by atoms with Gasteiger partial charge in [0.15, 0.2) is 0 Å². The van der Waals surface area contributed by atoms with E-state index in [0.29, 0.717) is 33.9 Å². The van der Waals surface area contributed by atoms with Crippen LogP contribution in [0.1, 0.15) is 41.6 Å². The minimum absolute atomic E-state index is 0.103. The van der Waals surface area contributed by atoms with Crippen molar-refractivity contribution in [1.29, 1.82) is 0 Å². The van der Waals surface area contributed by atoms with Gasteiger partial charge >= 0.3 is 0 Å². The molecule has 0 bridgehead atoms. The van der Waals surface area contributed by atoms with E-state index in [-0.39, 0.29) is 17.5 Å². The number of halogens is 1. The van der Waals surface area contributed by atoms with Crippen molar-refractivity contribution in [2.75, 3.05) is 7.05 Å². The zero-order valence-electron chi connectivity index (χ0n) is 15.9. The van der Waals surface area contributed by atoms with Crippen LogP contribution in [-0.4, -0.2) is 27.4 Å². The molecule has 1 amide bonds. The van der Waals surface area contributed by atoms with E-state index in [2.05, 4.69) is 4.98 Å². The van der Waals surface area contributed by atoms with Gasteiger partial charge in [-0.15, -0.1) is 0 Å². The Labute approximate surface area is 163 Å². The number of nitrogens with zero attached hydrogens (tertiary/aromatic N) is 3. The molecule has 27 heavy (non-hydrogen) atoms. The Hall–Kier alpha value is -2.66. The molecule has 6 heteroatoms. The van der Waals surface area contributed by atoms with Gasteiger partial charge in [-0.3, -0.25) is 14.2 Å². The molecule has 5 nitrogen and oxygen atoms in total. The summed E-state index contributed by atoms with van der Waals surface area (Å²) in [6.07, 6.45) is 0. The lowest BCUT2D eigenvalue weighted by Gasteiger charge is -2.27. The highest BCUT2D eigenvalue weighted by Gasteiger charge is 2.24. The van der Waals surface area contributed by atoms with Crippen LogP contribution in [0.2, 0.25) is 5.02 Å². The molecule has 1 heterocycles. The largest absolute Gasteiger partial charge is 0.332 e. The molecule has 1 aromatic heterocycles. The average Bonchev–Trinajstić information content (AvgIpc) is 2.67. The summed E-state index contributed by atoms with van der Waals surface area (Å²) in [4.78, 5) is 32.2. The van der Waals surface area contributed by atoms with E-state index in [1.165, 1.54) is 0 Å². The number of aryl methyl sites for hydroxylation is 1.